The number of likely N-dealkylation sites (tertiary alicyclic amines) is 1. The maximum atomic E-state index is 13.0. The number of aryl methyl sites for hydroxylation is 2. The quantitative estimate of drug-likeness (QED) is 0.678. The van der Waals surface area contributed by atoms with Crippen molar-refractivity contribution in [1.29, 1.82) is 0 Å². The Hall–Kier alpha value is -2.67. The third-order valence-electron chi connectivity index (χ3n) is 5.22. The number of carbonyl (C=O) groups is 1. The Kier molecular flexibility index (Phi) is 5.17. The maximum Gasteiger partial charge on any atom is 0.271 e. The highest BCUT2D eigenvalue weighted by atomic mass is 32.1. The molecule has 0 aliphatic carbocycles. The molecular weight excluding hydrogens is 374 g/mol. The van der Waals surface area contributed by atoms with Gasteiger partial charge in [-0.25, -0.2) is 4.98 Å². The molecule has 1 amide bonds. The minimum Gasteiger partial charge on any atom is -0.493 e. The van der Waals surface area contributed by atoms with E-state index in [9.17, 15) is 9.59 Å². The zero-order chi connectivity index (χ0) is 19.7. The number of benzene rings is 1. The van der Waals surface area contributed by atoms with Crippen LogP contribution in [0.15, 0.2) is 40.6 Å². The summed E-state index contributed by atoms with van der Waals surface area (Å²) in [6.07, 6.45) is 3.33. The molecule has 4 rings (SSSR count). The molecular formula is C21H23N3O3S. The number of hydrogen-bond acceptors (Lipinski definition) is 5. The second kappa shape index (κ2) is 7.75. The fourth-order valence-corrected chi connectivity index (χ4v) is 4.48. The van der Waals surface area contributed by atoms with Gasteiger partial charge in [-0.1, -0.05) is 18.2 Å². The molecule has 1 aromatic carbocycles. The molecule has 2 aromatic heterocycles. The molecule has 7 heteroatoms. The van der Waals surface area contributed by atoms with E-state index in [0.29, 0.717) is 24.7 Å². The number of piperidine rings is 1. The molecule has 1 saturated heterocycles. The van der Waals surface area contributed by atoms with E-state index in [2.05, 4.69) is 4.98 Å². The van der Waals surface area contributed by atoms with Crippen LogP contribution in [0.4, 0.5) is 0 Å². The Morgan fingerprint density at radius 2 is 2.14 bits per heavy atom. The summed E-state index contributed by atoms with van der Waals surface area (Å²) < 4.78 is 7.50. The Morgan fingerprint density at radius 1 is 1.32 bits per heavy atom. The Morgan fingerprint density at radius 3 is 2.96 bits per heavy atom. The lowest BCUT2D eigenvalue weighted by Gasteiger charge is -2.32. The molecule has 3 aromatic rings. The molecule has 3 heterocycles. The molecule has 1 aliphatic rings. The van der Waals surface area contributed by atoms with Gasteiger partial charge in [0, 0.05) is 36.3 Å². The minimum absolute atomic E-state index is 0.138. The first-order chi connectivity index (χ1) is 13.5. The van der Waals surface area contributed by atoms with Crippen LogP contribution < -0.4 is 10.3 Å². The van der Waals surface area contributed by atoms with Gasteiger partial charge < -0.3 is 9.64 Å². The smallest absolute Gasteiger partial charge is 0.271 e. The number of fused-ring (bicyclic) bond motifs is 1. The molecule has 0 radical (unpaired) electrons. The number of ether oxygens (including phenoxy) is 1. The van der Waals surface area contributed by atoms with Gasteiger partial charge in [-0.2, -0.15) is 0 Å². The van der Waals surface area contributed by atoms with Gasteiger partial charge in [0.15, 0.2) is 4.96 Å². The van der Waals surface area contributed by atoms with Crippen molar-refractivity contribution in [3.05, 3.63) is 63.0 Å². The van der Waals surface area contributed by atoms with E-state index in [4.69, 9.17) is 4.74 Å². The van der Waals surface area contributed by atoms with Gasteiger partial charge in [0.05, 0.1) is 6.61 Å². The fraction of sp³-hybridized carbons (Fsp3) is 0.381. The number of para-hydroxylation sites is 1. The van der Waals surface area contributed by atoms with Crippen LogP contribution in [0.5, 0.6) is 5.75 Å². The molecule has 1 aliphatic heterocycles. The SMILES string of the molecule is Cc1ccccc1OCC1CCCN(C(=O)c2cnc3scc(C)n3c2=O)C1. The topological polar surface area (TPSA) is 63.9 Å². The van der Waals surface area contributed by atoms with Crippen LogP contribution in [0.3, 0.4) is 0 Å². The highest BCUT2D eigenvalue weighted by Gasteiger charge is 2.27. The molecule has 0 saturated carbocycles. The summed E-state index contributed by atoms with van der Waals surface area (Å²) in [4.78, 5) is 32.5. The zero-order valence-corrected chi connectivity index (χ0v) is 16.9. The van der Waals surface area contributed by atoms with Gasteiger partial charge in [-0.05, 0) is 38.3 Å². The summed E-state index contributed by atoms with van der Waals surface area (Å²) in [5.74, 6) is 0.893. The van der Waals surface area contributed by atoms with Crippen LogP contribution in [-0.4, -0.2) is 39.9 Å². The second-order valence-corrected chi connectivity index (χ2v) is 8.14. The van der Waals surface area contributed by atoms with E-state index >= 15 is 0 Å². The van der Waals surface area contributed by atoms with Crippen molar-refractivity contribution >= 4 is 22.2 Å². The largest absolute Gasteiger partial charge is 0.493 e. The summed E-state index contributed by atoms with van der Waals surface area (Å²) >= 11 is 1.40. The standard InChI is InChI=1S/C21H23N3O3S/c1-14-6-3-4-8-18(14)27-12-16-7-5-9-23(11-16)19(25)17-10-22-21-24(20(17)26)15(2)13-28-21/h3-4,6,8,10,13,16H,5,7,9,11-12H2,1-2H3. The number of amides is 1. The minimum atomic E-state index is -0.285. The Balaban J connectivity index is 1.48. The van der Waals surface area contributed by atoms with Gasteiger partial charge in [-0.3, -0.25) is 14.0 Å². The number of carbonyl (C=O) groups excluding carboxylic acids is 1. The summed E-state index contributed by atoms with van der Waals surface area (Å²) in [6, 6.07) is 7.94. The molecule has 1 unspecified atom stereocenters. The molecule has 1 fully saturated rings. The van der Waals surface area contributed by atoms with Crippen LogP contribution in [-0.2, 0) is 0 Å². The predicted molar refractivity (Wildman–Crippen MR) is 109 cm³/mol. The molecule has 28 heavy (non-hydrogen) atoms. The van der Waals surface area contributed by atoms with Crippen molar-refractivity contribution in [2.75, 3.05) is 19.7 Å². The highest BCUT2D eigenvalue weighted by molar-refractivity contribution is 7.15. The number of aromatic nitrogens is 2. The lowest BCUT2D eigenvalue weighted by molar-refractivity contribution is 0.0630. The monoisotopic (exact) mass is 397 g/mol. The lowest BCUT2D eigenvalue weighted by atomic mass is 9.98. The van der Waals surface area contributed by atoms with Crippen molar-refractivity contribution < 1.29 is 9.53 Å². The average Bonchev–Trinajstić information content (AvgIpc) is 3.09. The van der Waals surface area contributed by atoms with E-state index in [-0.39, 0.29) is 22.9 Å². The third kappa shape index (κ3) is 3.54. The number of rotatable bonds is 4. The van der Waals surface area contributed by atoms with Crippen molar-refractivity contribution in [2.45, 2.75) is 26.7 Å². The van der Waals surface area contributed by atoms with Gasteiger partial charge in [0.2, 0.25) is 0 Å². The Labute approximate surface area is 167 Å². The van der Waals surface area contributed by atoms with Crippen LogP contribution in [0.2, 0.25) is 0 Å². The van der Waals surface area contributed by atoms with E-state index in [1.54, 1.807) is 4.90 Å². The molecule has 1 atom stereocenters. The molecule has 146 valence electrons. The summed E-state index contributed by atoms with van der Waals surface area (Å²) in [7, 11) is 0. The van der Waals surface area contributed by atoms with Crippen molar-refractivity contribution in [1.82, 2.24) is 14.3 Å². The predicted octanol–water partition coefficient (Wildman–Crippen LogP) is 3.30. The second-order valence-electron chi connectivity index (χ2n) is 7.31. The fourth-order valence-electron chi connectivity index (χ4n) is 3.65. The number of thiazole rings is 1. The van der Waals surface area contributed by atoms with E-state index in [0.717, 1.165) is 29.8 Å². The van der Waals surface area contributed by atoms with Gasteiger partial charge in [-0.15, -0.1) is 11.3 Å². The van der Waals surface area contributed by atoms with Crippen molar-refractivity contribution in [3.8, 4) is 5.75 Å². The third-order valence-corrected chi connectivity index (χ3v) is 6.18. The van der Waals surface area contributed by atoms with Crippen LogP contribution in [0.25, 0.3) is 4.96 Å². The zero-order valence-electron chi connectivity index (χ0n) is 16.1. The lowest BCUT2D eigenvalue weighted by Crippen LogP contribution is -2.43. The molecule has 6 nitrogen and oxygen atoms in total. The summed E-state index contributed by atoms with van der Waals surface area (Å²) in [5, 5.41) is 1.87. The van der Waals surface area contributed by atoms with Crippen LogP contribution >= 0.6 is 11.3 Å². The van der Waals surface area contributed by atoms with Gasteiger partial charge in [0.1, 0.15) is 11.3 Å². The van der Waals surface area contributed by atoms with Crippen LogP contribution in [0, 0.1) is 19.8 Å². The Bertz CT molecular complexity index is 1070. The number of nitrogens with zero attached hydrogens (tertiary/aromatic N) is 3. The number of hydrogen-bond donors (Lipinski definition) is 0. The first kappa shape index (κ1) is 18.7. The molecule has 0 bridgehead atoms. The highest BCUT2D eigenvalue weighted by Crippen LogP contribution is 2.22. The molecule has 0 N–H and O–H groups in total. The van der Waals surface area contributed by atoms with E-state index in [1.807, 2.05) is 43.5 Å². The van der Waals surface area contributed by atoms with Crippen molar-refractivity contribution in [2.24, 2.45) is 5.92 Å². The van der Waals surface area contributed by atoms with Crippen LogP contribution in [0.1, 0.15) is 34.5 Å². The van der Waals surface area contributed by atoms with E-state index < -0.39 is 0 Å². The molecule has 0 spiro atoms. The normalized spacial score (nSPS) is 17.1. The summed E-state index contributed by atoms with van der Waals surface area (Å²) in [6.45, 7) is 5.68. The van der Waals surface area contributed by atoms with Gasteiger partial charge in [0.25, 0.3) is 11.5 Å². The van der Waals surface area contributed by atoms with E-state index in [1.165, 1.54) is 21.9 Å². The maximum absolute atomic E-state index is 13.0. The summed E-state index contributed by atoms with van der Waals surface area (Å²) in [5.41, 5.74) is 1.76. The first-order valence-electron chi connectivity index (χ1n) is 9.48. The van der Waals surface area contributed by atoms with Crippen molar-refractivity contribution in [3.63, 3.8) is 0 Å². The first-order valence-corrected chi connectivity index (χ1v) is 10.4. The van der Waals surface area contributed by atoms with Gasteiger partial charge >= 0.3 is 0 Å². The average molecular weight is 398 g/mol.